The topological polar surface area (TPSA) is 85.8 Å². The Morgan fingerprint density at radius 3 is 2.30 bits per heavy atom. The van der Waals surface area contributed by atoms with Gasteiger partial charge < -0.3 is 21.1 Å². The number of nitrogens with zero attached hydrogens (tertiary/aromatic N) is 1. The summed E-state index contributed by atoms with van der Waals surface area (Å²) in [4.78, 5) is 16.2. The number of phenols is 1. The van der Waals surface area contributed by atoms with Gasteiger partial charge in [-0.05, 0) is 45.4 Å². The summed E-state index contributed by atoms with van der Waals surface area (Å²) in [6.45, 7) is 9.13. The Hall–Kier alpha value is -1.51. The van der Waals surface area contributed by atoms with Crippen LogP contribution in [0.2, 0.25) is 0 Å². The maximum atomic E-state index is 11.8. The van der Waals surface area contributed by atoms with Crippen LogP contribution in [-0.2, 0) is 11.3 Å². The zero-order chi connectivity index (χ0) is 16.6. The lowest BCUT2D eigenvalue weighted by atomic mass is 10.1. The van der Waals surface area contributed by atoms with Crippen LogP contribution in [0.1, 0.15) is 33.3 Å². The minimum absolute atomic E-state index is 0. The Kier molecular flexibility index (Phi) is 9.62. The van der Waals surface area contributed by atoms with Crippen LogP contribution < -0.4 is 16.0 Å². The molecule has 0 fully saturated rings. The lowest BCUT2D eigenvalue weighted by Gasteiger charge is -2.21. The van der Waals surface area contributed by atoms with Gasteiger partial charge in [0.2, 0.25) is 5.91 Å². The summed E-state index contributed by atoms with van der Waals surface area (Å²) in [7, 11) is 0. The van der Waals surface area contributed by atoms with E-state index in [1.807, 2.05) is 39.8 Å². The highest BCUT2D eigenvalue weighted by Gasteiger charge is 2.13. The number of phenolic OH excluding ortho intramolecular Hbond substituents is 1. The van der Waals surface area contributed by atoms with Gasteiger partial charge in [0, 0.05) is 12.1 Å². The van der Waals surface area contributed by atoms with Gasteiger partial charge in [-0.1, -0.05) is 12.1 Å². The zero-order valence-corrected chi connectivity index (χ0v) is 16.5. The molecule has 1 rings (SSSR count). The molecule has 0 aliphatic carbocycles. The number of guanidine groups is 1. The van der Waals surface area contributed by atoms with Crippen molar-refractivity contribution in [2.45, 2.75) is 39.8 Å². The van der Waals surface area contributed by atoms with Crippen LogP contribution in [0.15, 0.2) is 29.3 Å². The molecule has 0 unspecified atom stereocenters. The molecular formula is C16H27IN4O2. The summed E-state index contributed by atoms with van der Waals surface area (Å²) in [5, 5.41) is 18.2. The van der Waals surface area contributed by atoms with E-state index >= 15 is 0 Å². The van der Waals surface area contributed by atoms with Gasteiger partial charge in [-0.15, -0.1) is 24.0 Å². The second kappa shape index (κ2) is 10.3. The average molecular weight is 434 g/mol. The van der Waals surface area contributed by atoms with Crippen LogP contribution in [0.4, 0.5) is 0 Å². The molecule has 0 saturated carbocycles. The molecule has 0 bridgehead atoms. The number of carbonyl (C=O) groups excluding carboxylic acids is 1. The molecule has 4 N–H and O–H groups in total. The van der Waals surface area contributed by atoms with E-state index in [2.05, 4.69) is 20.9 Å². The summed E-state index contributed by atoms with van der Waals surface area (Å²) < 4.78 is 0. The third kappa shape index (κ3) is 9.98. The summed E-state index contributed by atoms with van der Waals surface area (Å²) >= 11 is 0. The van der Waals surface area contributed by atoms with Crippen molar-refractivity contribution in [2.24, 2.45) is 4.99 Å². The second-order valence-corrected chi connectivity index (χ2v) is 6.01. The lowest BCUT2D eigenvalue weighted by Crippen LogP contribution is -2.48. The fourth-order valence-electron chi connectivity index (χ4n) is 1.74. The van der Waals surface area contributed by atoms with E-state index in [9.17, 15) is 9.90 Å². The number of nitrogens with one attached hydrogen (secondary N) is 3. The highest BCUT2D eigenvalue weighted by molar-refractivity contribution is 14.0. The van der Waals surface area contributed by atoms with Crippen molar-refractivity contribution in [3.8, 4) is 5.75 Å². The molecule has 0 aliphatic rings. The maximum absolute atomic E-state index is 11.8. The highest BCUT2D eigenvalue weighted by atomic mass is 127. The molecule has 0 atom stereocenters. The van der Waals surface area contributed by atoms with E-state index < -0.39 is 0 Å². The maximum Gasteiger partial charge on any atom is 0.239 e. The van der Waals surface area contributed by atoms with Crippen LogP contribution in [0.5, 0.6) is 5.75 Å². The number of rotatable bonds is 5. The standard InChI is InChI=1S/C16H26N4O2.HI/c1-5-17-15(19-11-14(22)20-16(2,3)4)18-10-12-6-8-13(21)9-7-12;/h6-9,21H,5,10-11H2,1-4H3,(H,20,22)(H2,17,18,19);1H. The third-order valence-corrected chi connectivity index (χ3v) is 2.63. The van der Waals surface area contributed by atoms with Crippen molar-refractivity contribution in [3.05, 3.63) is 29.8 Å². The van der Waals surface area contributed by atoms with Crippen molar-refractivity contribution in [3.63, 3.8) is 0 Å². The Morgan fingerprint density at radius 1 is 1.17 bits per heavy atom. The molecule has 23 heavy (non-hydrogen) atoms. The monoisotopic (exact) mass is 434 g/mol. The van der Waals surface area contributed by atoms with E-state index in [1.165, 1.54) is 0 Å². The number of hydrogen-bond donors (Lipinski definition) is 4. The minimum Gasteiger partial charge on any atom is -0.508 e. The van der Waals surface area contributed by atoms with Gasteiger partial charge in [-0.3, -0.25) is 4.79 Å². The number of halogens is 1. The fourth-order valence-corrected chi connectivity index (χ4v) is 1.74. The lowest BCUT2D eigenvalue weighted by molar-refractivity contribution is -0.121. The molecule has 0 heterocycles. The first kappa shape index (κ1) is 21.5. The number of carbonyl (C=O) groups is 1. The number of hydrogen-bond acceptors (Lipinski definition) is 3. The number of amides is 1. The van der Waals surface area contributed by atoms with E-state index in [0.717, 1.165) is 5.56 Å². The molecule has 0 aliphatic heterocycles. The van der Waals surface area contributed by atoms with Crippen LogP contribution >= 0.6 is 24.0 Å². The Morgan fingerprint density at radius 2 is 1.78 bits per heavy atom. The summed E-state index contributed by atoms with van der Waals surface area (Å²) in [6, 6.07) is 6.88. The molecule has 0 aromatic heterocycles. The summed E-state index contributed by atoms with van der Waals surface area (Å²) in [5.41, 5.74) is 0.731. The van der Waals surface area contributed by atoms with Gasteiger partial charge in [0.25, 0.3) is 0 Å². The number of benzene rings is 1. The molecule has 0 spiro atoms. The van der Waals surface area contributed by atoms with Crippen LogP contribution in [-0.4, -0.2) is 35.6 Å². The molecule has 0 radical (unpaired) electrons. The molecule has 1 aromatic carbocycles. The summed E-state index contributed by atoms with van der Waals surface area (Å²) in [6.07, 6.45) is 0. The molecule has 1 amide bonds. The smallest absolute Gasteiger partial charge is 0.239 e. The zero-order valence-electron chi connectivity index (χ0n) is 14.1. The van der Waals surface area contributed by atoms with Crippen LogP contribution in [0.3, 0.4) is 0 Å². The number of aliphatic imine (C=N–C) groups is 1. The van der Waals surface area contributed by atoms with Crippen LogP contribution in [0, 0.1) is 0 Å². The second-order valence-electron chi connectivity index (χ2n) is 6.01. The van der Waals surface area contributed by atoms with Gasteiger partial charge >= 0.3 is 0 Å². The van der Waals surface area contributed by atoms with Crippen molar-refractivity contribution < 1.29 is 9.90 Å². The first-order valence-electron chi connectivity index (χ1n) is 7.41. The van der Waals surface area contributed by atoms with Crippen molar-refractivity contribution in [1.29, 1.82) is 0 Å². The van der Waals surface area contributed by atoms with Gasteiger partial charge in [0.05, 0.1) is 13.1 Å². The predicted molar refractivity (Wildman–Crippen MR) is 104 cm³/mol. The third-order valence-electron chi connectivity index (χ3n) is 2.63. The minimum atomic E-state index is -0.250. The van der Waals surface area contributed by atoms with Gasteiger partial charge in [-0.25, -0.2) is 4.99 Å². The van der Waals surface area contributed by atoms with E-state index in [1.54, 1.807) is 12.1 Å². The quantitative estimate of drug-likeness (QED) is 0.325. The van der Waals surface area contributed by atoms with E-state index in [4.69, 9.17) is 0 Å². The van der Waals surface area contributed by atoms with Crippen molar-refractivity contribution in [1.82, 2.24) is 16.0 Å². The van der Waals surface area contributed by atoms with Crippen molar-refractivity contribution in [2.75, 3.05) is 13.1 Å². The molecule has 1 aromatic rings. The first-order chi connectivity index (χ1) is 10.3. The van der Waals surface area contributed by atoms with Gasteiger partial charge in [0.15, 0.2) is 5.96 Å². The SMILES string of the molecule is CCNC(=NCc1ccc(O)cc1)NCC(=O)NC(C)(C)C.I. The molecule has 0 saturated heterocycles. The highest BCUT2D eigenvalue weighted by Crippen LogP contribution is 2.10. The van der Waals surface area contributed by atoms with Crippen molar-refractivity contribution >= 4 is 35.8 Å². The Labute approximate surface area is 155 Å². The molecule has 7 heteroatoms. The fraction of sp³-hybridized carbons (Fsp3) is 0.500. The van der Waals surface area contributed by atoms with Gasteiger partial charge in [0.1, 0.15) is 5.75 Å². The van der Waals surface area contributed by atoms with Crippen LogP contribution in [0.25, 0.3) is 0 Å². The molecule has 130 valence electrons. The van der Waals surface area contributed by atoms with Gasteiger partial charge in [-0.2, -0.15) is 0 Å². The average Bonchev–Trinajstić information content (AvgIpc) is 2.42. The van der Waals surface area contributed by atoms with E-state index in [-0.39, 0.29) is 47.7 Å². The van der Waals surface area contributed by atoms with E-state index in [0.29, 0.717) is 19.0 Å². The Balaban J connectivity index is 0.00000484. The molecular weight excluding hydrogens is 407 g/mol. The summed E-state index contributed by atoms with van der Waals surface area (Å²) in [5.74, 6) is 0.735. The largest absolute Gasteiger partial charge is 0.508 e. The first-order valence-corrected chi connectivity index (χ1v) is 7.41. The predicted octanol–water partition coefficient (Wildman–Crippen LogP) is 1.98. The number of aromatic hydroxyl groups is 1. The normalized spacial score (nSPS) is 11.4. The molecule has 6 nitrogen and oxygen atoms in total. The Bertz CT molecular complexity index is 510.